The molecule has 1 saturated heterocycles. The van der Waals surface area contributed by atoms with E-state index >= 15 is 0 Å². The molecule has 1 aliphatic rings. The van der Waals surface area contributed by atoms with Crippen LogP contribution in [0.2, 0.25) is 0 Å². The second kappa shape index (κ2) is 6.02. The van der Waals surface area contributed by atoms with E-state index in [1.807, 2.05) is 41.9 Å². The normalized spacial score (nSPS) is 17.7. The molecule has 1 atom stereocenters. The highest BCUT2D eigenvalue weighted by atomic mass is 16.2. The van der Waals surface area contributed by atoms with Gasteiger partial charge < -0.3 is 9.47 Å². The van der Waals surface area contributed by atoms with Crippen LogP contribution in [0.5, 0.6) is 0 Å². The molecule has 2 aromatic heterocycles. The molecule has 1 aliphatic heterocycles. The predicted molar refractivity (Wildman–Crippen MR) is 87.4 cm³/mol. The summed E-state index contributed by atoms with van der Waals surface area (Å²) >= 11 is 0. The number of hydrogen-bond donors (Lipinski definition) is 0. The van der Waals surface area contributed by atoms with E-state index in [4.69, 9.17) is 0 Å². The Balaban J connectivity index is 1.83. The Morgan fingerprint density at radius 2 is 2.13 bits per heavy atom. The maximum atomic E-state index is 12.8. The van der Waals surface area contributed by atoms with Crippen molar-refractivity contribution >= 4 is 5.91 Å². The Kier molecular flexibility index (Phi) is 4.07. The van der Waals surface area contributed by atoms with Crippen molar-refractivity contribution in [2.24, 2.45) is 7.05 Å². The molecule has 1 amide bonds. The van der Waals surface area contributed by atoms with Crippen LogP contribution in [0.1, 0.15) is 34.5 Å². The van der Waals surface area contributed by atoms with Gasteiger partial charge in [0.05, 0.1) is 18.8 Å². The minimum Gasteiger partial charge on any atom is -0.334 e. The third-order valence-corrected chi connectivity index (χ3v) is 4.58. The van der Waals surface area contributed by atoms with Gasteiger partial charge in [-0.25, -0.2) is 0 Å². The van der Waals surface area contributed by atoms with Gasteiger partial charge >= 0.3 is 0 Å². The van der Waals surface area contributed by atoms with Crippen LogP contribution in [0, 0.1) is 13.8 Å². The first-order chi connectivity index (χ1) is 11.0. The van der Waals surface area contributed by atoms with Crippen LogP contribution in [-0.2, 0) is 13.6 Å². The third kappa shape index (κ3) is 2.93. The van der Waals surface area contributed by atoms with Crippen molar-refractivity contribution in [2.45, 2.75) is 39.3 Å². The molecule has 3 heterocycles. The van der Waals surface area contributed by atoms with Gasteiger partial charge in [0.15, 0.2) is 0 Å². The van der Waals surface area contributed by atoms with Crippen molar-refractivity contribution in [1.29, 1.82) is 0 Å². The molecule has 0 bridgehead atoms. The molecular formula is C17H22N4O2. The third-order valence-electron chi connectivity index (χ3n) is 4.58. The minimum atomic E-state index is -0.226. The molecule has 3 rings (SSSR count). The van der Waals surface area contributed by atoms with Crippen molar-refractivity contribution in [1.82, 2.24) is 19.2 Å². The van der Waals surface area contributed by atoms with Gasteiger partial charge in [-0.2, -0.15) is 5.10 Å². The average molecular weight is 314 g/mol. The van der Waals surface area contributed by atoms with Crippen LogP contribution < -0.4 is 5.56 Å². The van der Waals surface area contributed by atoms with Crippen LogP contribution in [0.4, 0.5) is 0 Å². The van der Waals surface area contributed by atoms with Crippen LogP contribution >= 0.6 is 0 Å². The lowest BCUT2D eigenvalue weighted by atomic mass is 10.2. The number of pyridine rings is 1. The van der Waals surface area contributed by atoms with Crippen molar-refractivity contribution < 1.29 is 4.79 Å². The number of nitrogens with zero attached hydrogens (tertiary/aromatic N) is 4. The number of likely N-dealkylation sites (tertiary alicyclic amines) is 1. The van der Waals surface area contributed by atoms with Crippen LogP contribution in [0.15, 0.2) is 29.3 Å². The van der Waals surface area contributed by atoms with Crippen molar-refractivity contribution in [3.05, 3.63) is 51.7 Å². The van der Waals surface area contributed by atoms with Crippen LogP contribution in [0.25, 0.3) is 0 Å². The zero-order valence-electron chi connectivity index (χ0n) is 13.8. The van der Waals surface area contributed by atoms with Crippen molar-refractivity contribution in [3.63, 3.8) is 0 Å². The summed E-state index contributed by atoms with van der Waals surface area (Å²) in [5.41, 5.74) is 1.97. The summed E-state index contributed by atoms with van der Waals surface area (Å²) in [4.78, 5) is 27.0. The van der Waals surface area contributed by atoms with Gasteiger partial charge in [-0.1, -0.05) is 0 Å². The summed E-state index contributed by atoms with van der Waals surface area (Å²) in [6.07, 6.45) is 5.70. The average Bonchev–Trinajstić information content (AvgIpc) is 3.14. The summed E-state index contributed by atoms with van der Waals surface area (Å²) in [7, 11) is 1.70. The highest BCUT2D eigenvalue weighted by molar-refractivity contribution is 5.94. The molecule has 6 nitrogen and oxygen atoms in total. The zero-order valence-corrected chi connectivity index (χ0v) is 13.8. The van der Waals surface area contributed by atoms with Crippen molar-refractivity contribution in [2.75, 3.05) is 6.54 Å². The monoisotopic (exact) mass is 314 g/mol. The molecule has 0 spiro atoms. The van der Waals surface area contributed by atoms with Crippen LogP contribution in [-0.4, -0.2) is 37.7 Å². The fourth-order valence-corrected chi connectivity index (χ4v) is 3.12. The highest BCUT2D eigenvalue weighted by Gasteiger charge is 2.31. The molecule has 2 aromatic rings. The molecule has 0 radical (unpaired) electrons. The summed E-state index contributed by atoms with van der Waals surface area (Å²) in [5, 5.41) is 4.30. The molecule has 0 unspecified atom stereocenters. The quantitative estimate of drug-likeness (QED) is 0.862. The number of amides is 1. The smallest absolute Gasteiger partial charge is 0.263 e. The second-order valence-electron chi connectivity index (χ2n) is 6.29. The molecule has 23 heavy (non-hydrogen) atoms. The first-order valence-corrected chi connectivity index (χ1v) is 7.94. The maximum absolute atomic E-state index is 12.8. The van der Waals surface area contributed by atoms with E-state index in [0.717, 1.165) is 24.1 Å². The molecule has 6 heteroatoms. The number of aryl methyl sites for hydroxylation is 2. The molecule has 0 N–H and O–H groups in total. The Hall–Kier alpha value is -2.37. The number of aromatic nitrogens is 3. The summed E-state index contributed by atoms with van der Waals surface area (Å²) < 4.78 is 3.40. The summed E-state index contributed by atoms with van der Waals surface area (Å²) in [6.45, 7) is 5.22. The summed E-state index contributed by atoms with van der Waals surface area (Å²) in [5.74, 6) is -0.169. The van der Waals surface area contributed by atoms with E-state index in [0.29, 0.717) is 13.1 Å². The van der Waals surface area contributed by atoms with Gasteiger partial charge in [-0.15, -0.1) is 0 Å². The van der Waals surface area contributed by atoms with Gasteiger partial charge in [0.25, 0.3) is 11.5 Å². The van der Waals surface area contributed by atoms with E-state index in [1.54, 1.807) is 13.1 Å². The number of hydrogen-bond acceptors (Lipinski definition) is 3. The first-order valence-electron chi connectivity index (χ1n) is 7.94. The molecule has 122 valence electrons. The van der Waals surface area contributed by atoms with E-state index < -0.39 is 0 Å². The van der Waals surface area contributed by atoms with Crippen LogP contribution in [0.3, 0.4) is 0 Å². The topological polar surface area (TPSA) is 60.1 Å². The maximum Gasteiger partial charge on any atom is 0.263 e. The van der Waals surface area contributed by atoms with E-state index in [1.165, 1.54) is 4.57 Å². The van der Waals surface area contributed by atoms with Crippen molar-refractivity contribution in [3.8, 4) is 0 Å². The molecule has 0 saturated carbocycles. The Labute approximate surface area is 135 Å². The highest BCUT2D eigenvalue weighted by Crippen LogP contribution is 2.21. The predicted octanol–water partition coefficient (Wildman–Crippen LogP) is 1.50. The lowest BCUT2D eigenvalue weighted by Gasteiger charge is -2.24. The van der Waals surface area contributed by atoms with Gasteiger partial charge in [0.1, 0.15) is 5.56 Å². The molecule has 0 aromatic carbocycles. The zero-order chi connectivity index (χ0) is 16.6. The molecule has 1 fully saturated rings. The van der Waals surface area contributed by atoms with Gasteiger partial charge in [0, 0.05) is 25.5 Å². The van der Waals surface area contributed by atoms with E-state index in [-0.39, 0.29) is 23.1 Å². The second-order valence-corrected chi connectivity index (χ2v) is 6.29. The fraction of sp³-hybridized carbons (Fsp3) is 0.471. The van der Waals surface area contributed by atoms with Gasteiger partial charge in [0.2, 0.25) is 0 Å². The Morgan fingerprint density at radius 1 is 1.35 bits per heavy atom. The molecular weight excluding hydrogens is 292 g/mol. The largest absolute Gasteiger partial charge is 0.334 e. The number of carbonyl (C=O) groups excluding carboxylic acids is 1. The fourth-order valence-electron chi connectivity index (χ4n) is 3.12. The number of rotatable bonds is 3. The summed E-state index contributed by atoms with van der Waals surface area (Å²) in [6, 6.07) is 3.55. The van der Waals surface area contributed by atoms with Gasteiger partial charge in [-0.3, -0.25) is 14.3 Å². The van der Waals surface area contributed by atoms with E-state index in [2.05, 4.69) is 5.10 Å². The van der Waals surface area contributed by atoms with E-state index in [9.17, 15) is 9.59 Å². The molecule has 0 aliphatic carbocycles. The lowest BCUT2D eigenvalue weighted by molar-refractivity contribution is 0.0719. The Bertz CT molecular complexity index is 790. The lowest BCUT2D eigenvalue weighted by Crippen LogP contribution is -2.41. The minimum absolute atomic E-state index is 0.0906. The SMILES string of the molecule is Cc1cnn(C[C@@H]2CCCN2C(=O)c2ccc(C)n(C)c2=O)c1. The van der Waals surface area contributed by atoms with Gasteiger partial charge in [-0.05, 0) is 44.4 Å². The number of carbonyl (C=O) groups is 1. The Morgan fingerprint density at radius 3 is 2.83 bits per heavy atom. The standard InChI is InChI=1S/C17H22N4O2/c1-12-9-18-20(10-12)11-14-5-4-8-21(14)17(23)15-7-6-13(2)19(3)16(15)22/h6-7,9-10,14H,4-5,8,11H2,1-3H3/t14-/m0/s1. The first kappa shape index (κ1) is 15.5.